The van der Waals surface area contributed by atoms with Gasteiger partial charge in [-0.1, -0.05) is 17.7 Å². The van der Waals surface area contributed by atoms with E-state index in [2.05, 4.69) is 9.98 Å². The molecule has 27 heavy (non-hydrogen) atoms. The van der Waals surface area contributed by atoms with Gasteiger partial charge >= 0.3 is 0 Å². The molecule has 0 saturated carbocycles. The molecule has 138 valence electrons. The maximum absolute atomic E-state index is 13.4. The van der Waals surface area contributed by atoms with Gasteiger partial charge in [0, 0.05) is 12.3 Å². The van der Waals surface area contributed by atoms with Crippen molar-refractivity contribution in [3.8, 4) is 17.3 Å². The zero-order valence-electron chi connectivity index (χ0n) is 13.9. The van der Waals surface area contributed by atoms with E-state index in [1.54, 1.807) is 24.3 Å². The van der Waals surface area contributed by atoms with Crippen LogP contribution in [0.2, 0.25) is 5.02 Å². The molecule has 0 saturated heterocycles. The van der Waals surface area contributed by atoms with Crippen molar-refractivity contribution in [2.45, 2.75) is 0 Å². The van der Waals surface area contributed by atoms with Crippen molar-refractivity contribution in [2.24, 2.45) is 4.99 Å². The van der Waals surface area contributed by atoms with E-state index in [1.807, 2.05) is 0 Å². The molecular formula is C18H13ClFN3O3S. The molecule has 0 atom stereocenters. The number of methoxy groups -OCH3 is 1. The molecule has 0 aliphatic heterocycles. The normalized spacial score (nSPS) is 11.1. The number of hydrogen-bond donors (Lipinski definition) is 2. The van der Waals surface area contributed by atoms with Crippen LogP contribution in [0.1, 0.15) is 5.56 Å². The Morgan fingerprint density at radius 1 is 1.33 bits per heavy atom. The molecule has 0 spiro atoms. The van der Waals surface area contributed by atoms with E-state index in [0.717, 1.165) is 10.6 Å². The molecule has 0 fully saturated rings. The first-order valence-corrected chi connectivity index (χ1v) is 8.41. The van der Waals surface area contributed by atoms with Gasteiger partial charge in [0.05, 0.1) is 23.5 Å². The summed E-state index contributed by atoms with van der Waals surface area (Å²) in [6.45, 7) is 0. The van der Waals surface area contributed by atoms with Crippen LogP contribution in [-0.4, -0.2) is 28.0 Å². The minimum Gasteiger partial charge on any atom is -0.497 e. The number of hydrogen-bond acceptors (Lipinski definition) is 5. The molecule has 2 N–H and O–H groups in total. The van der Waals surface area contributed by atoms with Crippen molar-refractivity contribution in [1.29, 1.82) is 0 Å². The van der Waals surface area contributed by atoms with Crippen molar-refractivity contribution in [1.82, 2.24) is 9.55 Å². The standard InChI is InChI=1S/C18H13ClFN3O3S/c1-26-12-4-2-3-10(7-12)21-9-13-16(24)22-18(27)23(17(13)25)11-5-6-15(20)14(19)8-11/h2-9,25H,1H3,(H,22,24,27). The maximum Gasteiger partial charge on any atom is 0.264 e. The topological polar surface area (TPSA) is 79.6 Å². The molecule has 3 aromatic rings. The molecule has 1 heterocycles. The Labute approximate surface area is 163 Å². The molecule has 0 bridgehead atoms. The van der Waals surface area contributed by atoms with Crippen molar-refractivity contribution in [3.63, 3.8) is 0 Å². The lowest BCUT2D eigenvalue weighted by Crippen LogP contribution is -2.18. The Kier molecular flexibility index (Phi) is 5.38. The number of benzene rings is 2. The molecule has 0 radical (unpaired) electrons. The van der Waals surface area contributed by atoms with Gasteiger partial charge in [-0.25, -0.2) is 4.39 Å². The van der Waals surface area contributed by atoms with Gasteiger partial charge in [0.2, 0.25) is 5.88 Å². The number of halogens is 2. The van der Waals surface area contributed by atoms with Gasteiger partial charge in [0.15, 0.2) is 4.77 Å². The lowest BCUT2D eigenvalue weighted by Gasteiger charge is -2.11. The summed E-state index contributed by atoms with van der Waals surface area (Å²) in [6.07, 6.45) is 1.21. The van der Waals surface area contributed by atoms with Crippen LogP contribution in [0.3, 0.4) is 0 Å². The molecule has 9 heteroatoms. The average molecular weight is 406 g/mol. The van der Waals surface area contributed by atoms with Crippen LogP contribution in [0, 0.1) is 10.6 Å². The fraction of sp³-hybridized carbons (Fsp3) is 0.0556. The predicted octanol–water partition coefficient (Wildman–Crippen LogP) is 4.15. The number of aromatic hydroxyl groups is 1. The Morgan fingerprint density at radius 3 is 2.81 bits per heavy atom. The summed E-state index contributed by atoms with van der Waals surface area (Å²) in [7, 11) is 1.53. The molecule has 0 amide bonds. The van der Waals surface area contributed by atoms with E-state index in [1.165, 1.54) is 25.5 Å². The Hall–Kier alpha value is -2.97. The molecule has 1 aromatic heterocycles. The number of nitrogens with zero attached hydrogens (tertiary/aromatic N) is 2. The minimum absolute atomic E-state index is 0.0706. The second-order valence-electron chi connectivity index (χ2n) is 5.39. The Bertz CT molecular complexity index is 1160. The van der Waals surface area contributed by atoms with Crippen LogP contribution >= 0.6 is 23.8 Å². The van der Waals surface area contributed by atoms with Crippen molar-refractivity contribution in [3.05, 3.63) is 74.0 Å². The third kappa shape index (κ3) is 3.91. The monoisotopic (exact) mass is 405 g/mol. The van der Waals surface area contributed by atoms with E-state index < -0.39 is 17.3 Å². The molecule has 6 nitrogen and oxygen atoms in total. The van der Waals surface area contributed by atoms with Crippen LogP contribution < -0.4 is 10.3 Å². The van der Waals surface area contributed by atoms with Crippen LogP contribution in [0.4, 0.5) is 10.1 Å². The first-order chi connectivity index (χ1) is 12.9. The first kappa shape index (κ1) is 18.8. The highest BCUT2D eigenvalue weighted by molar-refractivity contribution is 7.71. The van der Waals surface area contributed by atoms with Crippen molar-refractivity contribution >= 4 is 35.7 Å². The van der Waals surface area contributed by atoms with Gasteiger partial charge in [-0.3, -0.25) is 19.3 Å². The molecule has 0 aliphatic rings. The summed E-state index contributed by atoms with van der Waals surface area (Å²) >= 11 is 10.9. The number of ether oxygens (including phenoxy) is 1. The second-order valence-corrected chi connectivity index (χ2v) is 6.18. The smallest absolute Gasteiger partial charge is 0.264 e. The number of aromatic nitrogens is 2. The van der Waals surface area contributed by atoms with E-state index in [9.17, 15) is 14.3 Å². The van der Waals surface area contributed by atoms with Gasteiger partial charge in [-0.2, -0.15) is 0 Å². The summed E-state index contributed by atoms with van der Waals surface area (Å²) < 4.78 is 19.6. The van der Waals surface area contributed by atoms with E-state index in [0.29, 0.717) is 11.4 Å². The van der Waals surface area contributed by atoms with Crippen LogP contribution in [0.15, 0.2) is 52.3 Å². The summed E-state index contributed by atoms with van der Waals surface area (Å²) in [5.41, 5.74) is 0.0728. The maximum atomic E-state index is 13.4. The zero-order chi connectivity index (χ0) is 19.6. The predicted molar refractivity (Wildman–Crippen MR) is 104 cm³/mol. The number of aromatic amines is 1. The fourth-order valence-corrected chi connectivity index (χ4v) is 2.81. The average Bonchev–Trinajstić information content (AvgIpc) is 2.64. The first-order valence-electron chi connectivity index (χ1n) is 7.62. The second kappa shape index (κ2) is 7.73. The highest BCUT2D eigenvalue weighted by Crippen LogP contribution is 2.24. The fourth-order valence-electron chi connectivity index (χ4n) is 2.35. The van der Waals surface area contributed by atoms with Crippen molar-refractivity contribution < 1.29 is 14.2 Å². The highest BCUT2D eigenvalue weighted by atomic mass is 35.5. The Morgan fingerprint density at radius 2 is 2.11 bits per heavy atom. The summed E-state index contributed by atoms with van der Waals surface area (Å²) in [4.78, 5) is 18.8. The lowest BCUT2D eigenvalue weighted by atomic mass is 10.2. The quantitative estimate of drug-likeness (QED) is 0.504. The largest absolute Gasteiger partial charge is 0.497 e. The lowest BCUT2D eigenvalue weighted by molar-refractivity contribution is 0.415. The number of H-pyrrole nitrogens is 1. The van der Waals surface area contributed by atoms with Gasteiger partial charge in [-0.15, -0.1) is 0 Å². The van der Waals surface area contributed by atoms with Crippen molar-refractivity contribution in [2.75, 3.05) is 7.11 Å². The summed E-state index contributed by atoms with van der Waals surface area (Å²) in [5.74, 6) is -0.464. The SMILES string of the molecule is COc1cccc(N=Cc2c(O)n(-c3ccc(F)c(Cl)c3)c(=S)[nH]c2=O)c1. The molecule has 0 aliphatic carbocycles. The van der Waals surface area contributed by atoms with Gasteiger partial charge < -0.3 is 9.84 Å². The molecular weight excluding hydrogens is 393 g/mol. The summed E-state index contributed by atoms with van der Waals surface area (Å²) in [5, 5.41) is 10.4. The van der Waals surface area contributed by atoms with E-state index in [4.69, 9.17) is 28.6 Å². The Balaban J connectivity index is 2.11. The molecule has 3 rings (SSSR count). The highest BCUT2D eigenvalue weighted by Gasteiger charge is 2.14. The number of aliphatic imine (C=N–C) groups is 1. The minimum atomic E-state index is -0.617. The van der Waals surface area contributed by atoms with Gasteiger partial charge in [0.25, 0.3) is 5.56 Å². The van der Waals surface area contributed by atoms with E-state index >= 15 is 0 Å². The molecule has 0 unspecified atom stereocenters. The number of rotatable bonds is 4. The molecule has 2 aromatic carbocycles. The van der Waals surface area contributed by atoms with Gasteiger partial charge in [0.1, 0.15) is 17.1 Å². The van der Waals surface area contributed by atoms with Crippen LogP contribution in [0.5, 0.6) is 11.6 Å². The summed E-state index contributed by atoms with van der Waals surface area (Å²) in [6, 6.07) is 10.7. The zero-order valence-corrected chi connectivity index (χ0v) is 15.5. The van der Waals surface area contributed by atoms with Gasteiger partial charge in [-0.05, 0) is 42.5 Å². The van der Waals surface area contributed by atoms with Crippen LogP contribution in [-0.2, 0) is 0 Å². The third-order valence-corrected chi connectivity index (χ3v) is 4.25. The van der Waals surface area contributed by atoms with Crippen LogP contribution in [0.25, 0.3) is 5.69 Å². The third-order valence-electron chi connectivity index (χ3n) is 3.68. The van der Waals surface area contributed by atoms with E-state index in [-0.39, 0.29) is 21.0 Å². The number of nitrogens with one attached hydrogen (secondary N) is 1.